The monoisotopic (exact) mass is 381 g/mol. The smallest absolute Gasteiger partial charge is 0.171 e. The lowest BCUT2D eigenvalue weighted by Gasteiger charge is -2.30. The molecule has 0 unspecified atom stereocenters. The molecule has 0 N–H and O–H groups in total. The molecule has 0 bridgehead atoms. The third-order valence-electron chi connectivity index (χ3n) is 5.22. The lowest BCUT2D eigenvalue weighted by molar-refractivity contribution is 0.0345. The SMILES string of the molecule is CCCCCOc1ccc(C(=O)[C@H](CN2CCOCC2)c2ccccc2)cc1. The van der Waals surface area contributed by atoms with E-state index in [2.05, 4.69) is 11.8 Å². The lowest BCUT2D eigenvalue weighted by Crippen LogP contribution is -2.40. The lowest BCUT2D eigenvalue weighted by atomic mass is 9.90. The number of nitrogens with zero attached hydrogens (tertiary/aromatic N) is 1. The van der Waals surface area contributed by atoms with Crippen molar-refractivity contribution in [1.29, 1.82) is 0 Å². The first kappa shape index (κ1) is 20.6. The predicted molar refractivity (Wildman–Crippen MR) is 112 cm³/mol. The molecule has 0 radical (unpaired) electrons. The van der Waals surface area contributed by atoms with Crippen LogP contribution in [0.2, 0.25) is 0 Å². The van der Waals surface area contributed by atoms with E-state index >= 15 is 0 Å². The van der Waals surface area contributed by atoms with Gasteiger partial charge in [0.05, 0.1) is 25.7 Å². The van der Waals surface area contributed by atoms with Gasteiger partial charge in [0.2, 0.25) is 0 Å². The average molecular weight is 382 g/mol. The second-order valence-electron chi connectivity index (χ2n) is 7.32. The number of Topliss-reactive ketones (excluding diaryl/α,β-unsaturated/α-hetero) is 1. The van der Waals surface area contributed by atoms with Crippen LogP contribution >= 0.6 is 0 Å². The van der Waals surface area contributed by atoms with E-state index < -0.39 is 0 Å². The standard InChI is InChI=1S/C24H31NO3/c1-2-3-7-16-28-22-12-10-21(11-13-22)24(26)23(20-8-5-4-6-9-20)19-25-14-17-27-18-15-25/h4-6,8-13,23H,2-3,7,14-19H2,1H3/t23-/m1/s1. The zero-order chi connectivity index (χ0) is 19.6. The summed E-state index contributed by atoms with van der Waals surface area (Å²) in [6.07, 6.45) is 3.42. The number of ketones is 1. The molecule has 1 atom stereocenters. The fraction of sp³-hybridized carbons (Fsp3) is 0.458. The van der Waals surface area contributed by atoms with Gasteiger partial charge in [-0.25, -0.2) is 0 Å². The molecular formula is C24H31NO3. The fourth-order valence-electron chi connectivity index (χ4n) is 3.53. The van der Waals surface area contributed by atoms with Crippen molar-refractivity contribution < 1.29 is 14.3 Å². The summed E-state index contributed by atoms with van der Waals surface area (Å²) in [7, 11) is 0. The second kappa shape index (κ2) is 11.0. The van der Waals surface area contributed by atoms with Crippen molar-refractivity contribution in [3.05, 3.63) is 65.7 Å². The molecule has 1 aliphatic heterocycles. The number of carbonyl (C=O) groups is 1. The van der Waals surface area contributed by atoms with Gasteiger partial charge in [0.15, 0.2) is 5.78 Å². The van der Waals surface area contributed by atoms with Gasteiger partial charge in [-0.3, -0.25) is 9.69 Å². The van der Waals surface area contributed by atoms with E-state index in [-0.39, 0.29) is 11.7 Å². The van der Waals surface area contributed by atoms with Gasteiger partial charge in [-0.05, 0) is 36.2 Å². The normalized spacial score (nSPS) is 15.9. The van der Waals surface area contributed by atoms with E-state index in [0.29, 0.717) is 0 Å². The van der Waals surface area contributed by atoms with Crippen LogP contribution in [-0.2, 0) is 4.74 Å². The molecule has 0 aliphatic carbocycles. The van der Waals surface area contributed by atoms with E-state index in [1.807, 2.05) is 54.6 Å². The number of carbonyl (C=O) groups excluding carboxylic acids is 1. The van der Waals surface area contributed by atoms with Crippen molar-refractivity contribution in [2.45, 2.75) is 32.1 Å². The minimum atomic E-state index is -0.171. The molecule has 0 aromatic heterocycles. The number of benzene rings is 2. The maximum absolute atomic E-state index is 13.3. The highest BCUT2D eigenvalue weighted by molar-refractivity contribution is 6.01. The Morgan fingerprint density at radius 1 is 1.04 bits per heavy atom. The zero-order valence-corrected chi connectivity index (χ0v) is 16.8. The molecule has 150 valence electrons. The van der Waals surface area contributed by atoms with Gasteiger partial charge in [-0.15, -0.1) is 0 Å². The van der Waals surface area contributed by atoms with Gasteiger partial charge in [-0.1, -0.05) is 50.1 Å². The van der Waals surface area contributed by atoms with Crippen molar-refractivity contribution in [3.63, 3.8) is 0 Å². The molecule has 0 saturated carbocycles. The van der Waals surface area contributed by atoms with Gasteiger partial charge in [0, 0.05) is 25.2 Å². The Hall–Kier alpha value is -2.17. The van der Waals surface area contributed by atoms with Crippen LogP contribution in [0, 0.1) is 0 Å². The van der Waals surface area contributed by atoms with Gasteiger partial charge < -0.3 is 9.47 Å². The summed E-state index contributed by atoms with van der Waals surface area (Å²) < 4.78 is 11.2. The van der Waals surface area contributed by atoms with Gasteiger partial charge >= 0.3 is 0 Å². The Kier molecular flexibility index (Phi) is 8.07. The summed E-state index contributed by atoms with van der Waals surface area (Å²) in [5, 5.41) is 0. The van der Waals surface area contributed by atoms with Crippen LogP contribution in [0.3, 0.4) is 0 Å². The number of rotatable bonds is 10. The molecule has 1 heterocycles. The third kappa shape index (κ3) is 5.91. The Morgan fingerprint density at radius 3 is 2.43 bits per heavy atom. The average Bonchev–Trinajstić information content (AvgIpc) is 2.76. The largest absolute Gasteiger partial charge is 0.494 e. The number of unbranched alkanes of at least 4 members (excludes halogenated alkanes) is 2. The van der Waals surface area contributed by atoms with Gasteiger partial charge in [0.1, 0.15) is 5.75 Å². The molecule has 28 heavy (non-hydrogen) atoms. The molecule has 1 fully saturated rings. The van der Waals surface area contributed by atoms with Crippen molar-refractivity contribution >= 4 is 5.78 Å². The second-order valence-corrected chi connectivity index (χ2v) is 7.32. The van der Waals surface area contributed by atoms with Crippen molar-refractivity contribution in [3.8, 4) is 5.75 Å². The number of ether oxygens (including phenoxy) is 2. The molecule has 1 saturated heterocycles. The maximum atomic E-state index is 13.3. The van der Waals surface area contributed by atoms with Crippen LogP contribution in [0.5, 0.6) is 5.75 Å². The molecule has 2 aromatic carbocycles. The first-order chi connectivity index (χ1) is 13.8. The summed E-state index contributed by atoms with van der Waals surface area (Å²) in [6, 6.07) is 17.7. The van der Waals surface area contributed by atoms with Crippen LogP contribution in [0.25, 0.3) is 0 Å². The number of morpholine rings is 1. The quantitative estimate of drug-likeness (QED) is 0.447. The molecule has 0 spiro atoms. The minimum absolute atomic E-state index is 0.162. The summed E-state index contributed by atoms with van der Waals surface area (Å²) >= 11 is 0. The Morgan fingerprint density at radius 2 is 1.75 bits per heavy atom. The van der Waals surface area contributed by atoms with Crippen LogP contribution in [0.4, 0.5) is 0 Å². The van der Waals surface area contributed by atoms with E-state index in [0.717, 1.165) is 62.8 Å². The van der Waals surface area contributed by atoms with Crippen LogP contribution in [0.15, 0.2) is 54.6 Å². The third-order valence-corrected chi connectivity index (χ3v) is 5.22. The van der Waals surface area contributed by atoms with Crippen molar-refractivity contribution in [2.75, 3.05) is 39.5 Å². The molecular weight excluding hydrogens is 350 g/mol. The molecule has 4 heteroatoms. The minimum Gasteiger partial charge on any atom is -0.494 e. The highest BCUT2D eigenvalue weighted by Gasteiger charge is 2.25. The van der Waals surface area contributed by atoms with E-state index in [1.165, 1.54) is 12.8 Å². The summed E-state index contributed by atoms with van der Waals surface area (Å²) in [5.41, 5.74) is 1.81. The Bertz CT molecular complexity index is 708. The summed E-state index contributed by atoms with van der Waals surface area (Å²) in [4.78, 5) is 15.7. The number of hydrogen-bond acceptors (Lipinski definition) is 4. The first-order valence-electron chi connectivity index (χ1n) is 10.4. The number of hydrogen-bond donors (Lipinski definition) is 0. The van der Waals surface area contributed by atoms with Crippen LogP contribution in [-0.4, -0.2) is 50.1 Å². The fourth-order valence-corrected chi connectivity index (χ4v) is 3.53. The topological polar surface area (TPSA) is 38.8 Å². The van der Waals surface area contributed by atoms with Crippen molar-refractivity contribution in [2.24, 2.45) is 0 Å². The van der Waals surface area contributed by atoms with Crippen molar-refractivity contribution in [1.82, 2.24) is 4.90 Å². The zero-order valence-electron chi connectivity index (χ0n) is 16.8. The maximum Gasteiger partial charge on any atom is 0.171 e. The highest BCUT2D eigenvalue weighted by Crippen LogP contribution is 2.24. The van der Waals surface area contributed by atoms with E-state index in [1.54, 1.807) is 0 Å². The summed E-state index contributed by atoms with van der Waals surface area (Å²) in [5.74, 6) is 0.822. The van der Waals surface area contributed by atoms with Gasteiger partial charge in [0.25, 0.3) is 0 Å². The molecule has 4 nitrogen and oxygen atoms in total. The van der Waals surface area contributed by atoms with Gasteiger partial charge in [-0.2, -0.15) is 0 Å². The molecule has 1 aliphatic rings. The van der Waals surface area contributed by atoms with E-state index in [9.17, 15) is 4.79 Å². The van der Waals surface area contributed by atoms with E-state index in [4.69, 9.17) is 9.47 Å². The molecule has 2 aromatic rings. The van der Waals surface area contributed by atoms with Crippen LogP contribution < -0.4 is 4.74 Å². The Balaban J connectivity index is 1.69. The first-order valence-corrected chi connectivity index (χ1v) is 10.4. The Labute approximate surface area is 168 Å². The van der Waals surface area contributed by atoms with Crippen LogP contribution in [0.1, 0.15) is 48.0 Å². The predicted octanol–water partition coefficient (Wildman–Crippen LogP) is 4.55. The molecule has 0 amide bonds. The molecule has 3 rings (SSSR count). The summed E-state index contributed by atoms with van der Waals surface area (Å²) in [6.45, 7) is 6.86. The highest BCUT2D eigenvalue weighted by atomic mass is 16.5.